The molecule has 1 amide bonds. The van der Waals surface area contributed by atoms with Gasteiger partial charge in [-0.25, -0.2) is 0 Å². The maximum Gasteiger partial charge on any atom is 0.227 e. The highest BCUT2D eigenvalue weighted by molar-refractivity contribution is 5.79. The minimum atomic E-state index is -0.00167. The molecule has 0 atom stereocenters. The van der Waals surface area contributed by atoms with E-state index in [0.29, 0.717) is 39.1 Å². The van der Waals surface area contributed by atoms with Crippen molar-refractivity contribution in [3.63, 3.8) is 0 Å². The predicted molar refractivity (Wildman–Crippen MR) is 76.7 cm³/mol. The van der Waals surface area contributed by atoms with Crippen molar-refractivity contribution in [2.45, 2.75) is 19.4 Å². The molecule has 0 unspecified atom stereocenters. The summed E-state index contributed by atoms with van der Waals surface area (Å²) in [7, 11) is 1.59. The number of nitrogens with two attached hydrogens (primary N) is 1. The van der Waals surface area contributed by atoms with E-state index in [1.165, 1.54) is 0 Å². The Balaban J connectivity index is 2.71. The molecule has 5 heteroatoms. The smallest absolute Gasteiger partial charge is 0.227 e. The van der Waals surface area contributed by atoms with Gasteiger partial charge in [0.1, 0.15) is 0 Å². The molecule has 0 heterocycles. The first kappa shape index (κ1) is 16.2. The largest absolute Gasteiger partial charge is 0.383 e. The van der Waals surface area contributed by atoms with Crippen molar-refractivity contribution in [1.29, 1.82) is 5.26 Å². The zero-order valence-corrected chi connectivity index (χ0v) is 11.8. The van der Waals surface area contributed by atoms with Gasteiger partial charge in [0.25, 0.3) is 0 Å². The number of benzene rings is 1. The molecule has 1 rings (SSSR count). The van der Waals surface area contributed by atoms with Gasteiger partial charge in [0.05, 0.1) is 25.5 Å². The number of carbonyl (C=O) groups excluding carboxylic acids is 1. The van der Waals surface area contributed by atoms with Crippen LogP contribution in [-0.4, -0.2) is 37.6 Å². The molecular weight excluding hydrogens is 254 g/mol. The third-order valence-corrected chi connectivity index (χ3v) is 3.09. The molecule has 0 saturated carbocycles. The fraction of sp³-hybridized carbons (Fsp3) is 0.467. The Bertz CT molecular complexity index is 468. The molecule has 0 aliphatic heterocycles. The Kier molecular flexibility index (Phi) is 7.33. The molecule has 0 radical (unpaired) electrons. The molecule has 1 aromatic carbocycles. The summed E-state index contributed by atoms with van der Waals surface area (Å²) < 4.78 is 5.00. The Morgan fingerprint density at radius 1 is 1.35 bits per heavy atom. The lowest BCUT2D eigenvalue weighted by atomic mass is 10.0. The summed E-state index contributed by atoms with van der Waals surface area (Å²) in [5, 5.41) is 8.66. The van der Waals surface area contributed by atoms with Crippen LogP contribution >= 0.6 is 0 Å². The van der Waals surface area contributed by atoms with Gasteiger partial charge in [-0.2, -0.15) is 5.26 Å². The number of hydrogen-bond acceptors (Lipinski definition) is 4. The van der Waals surface area contributed by atoms with E-state index in [2.05, 4.69) is 6.07 Å². The van der Waals surface area contributed by atoms with Gasteiger partial charge in [-0.05, 0) is 11.1 Å². The molecule has 20 heavy (non-hydrogen) atoms. The zero-order valence-electron chi connectivity index (χ0n) is 11.8. The molecule has 0 spiro atoms. The molecule has 1 aromatic rings. The lowest BCUT2D eigenvalue weighted by molar-refractivity contribution is -0.131. The Morgan fingerprint density at radius 2 is 2.05 bits per heavy atom. The van der Waals surface area contributed by atoms with Gasteiger partial charge >= 0.3 is 0 Å². The summed E-state index contributed by atoms with van der Waals surface area (Å²) in [4.78, 5) is 14.0. The molecular formula is C15H21N3O2. The van der Waals surface area contributed by atoms with Crippen LogP contribution in [0.4, 0.5) is 0 Å². The second-order valence-electron chi connectivity index (χ2n) is 4.43. The van der Waals surface area contributed by atoms with Gasteiger partial charge < -0.3 is 15.4 Å². The number of ether oxygens (including phenoxy) is 1. The lowest BCUT2D eigenvalue weighted by Crippen LogP contribution is -2.36. The van der Waals surface area contributed by atoms with E-state index in [4.69, 9.17) is 15.7 Å². The number of amides is 1. The van der Waals surface area contributed by atoms with Crippen molar-refractivity contribution in [3.05, 3.63) is 35.4 Å². The van der Waals surface area contributed by atoms with E-state index >= 15 is 0 Å². The van der Waals surface area contributed by atoms with E-state index in [9.17, 15) is 4.79 Å². The molecule has 0 fully saturated rings. The van der Waals surface area contributed by atoms with E-state index < -0.39 is 0 Å². The summed E-state index contributed by atoms with van der Waals surface area (Å²) in [6.07, 6.45) is 0.635. The predicted octanol–water partition coefficient (Wildman–Crippen LogP) is 1.08. The number of hydrogen-bond donors (Lipinski definition) is 1. The van der Waals surface area contributed by atoms with Crippen LogP contribution in [0.5, 0.6) is 0 Å². The minimum Gasteiger partial charge on any atom is -0.383 e. The molecule has 108 valence electrons. The Hall–Kier alpha value is -1.90. The van der Waals surface area contributed by atoms with E-state index in [1.807, 2.05) is 24.3 Å². The van der Waals surface area contributed by atoms with Crippen LogP contribution in [0.2, 0.25) is 0 Å². The summed E-state index contributed by atoms with van der Waals surface area (Å²) in [6, 6.07) is 9.72. The summed E-state index contributed by atoms with van der Waals surface area (Å²) in [5.41, 5.74) is 7.60. The highest BCUT2D eigenvalue weighted by Gasteiger charge is 2.14. The molecule has 0 saturated heterocycles. The van der Waals surface area contributed by atoms with Gasteiger partial charge in [0, 0.05) is 26.7 Å². The second-order valence-corrected chi connectivity index (χ2v) is 4.43. The van der Waals surface area contributed by atoms with Crippen LogP contribution in [0.1, 0.15) is 17.5 Å². The number of rotatable bonds is 8. The van der Waals surface area contributed by atoms with Crippen LogP contribution in [0, 0.1) is 11.3 Å². The molecule has 0 aliphatic carbocycles. The first-order valence-corrected chi connectivity index (χ1v) is 6.63. The fourth-order valence-corrected chi connectivity index (χ4v) is 1.95. The molecule has 0 aromatic heterocycles. The van der Waals surface area contributed by atoms with Gasteiger partial charge in [-0.3, -0.25) is 4.79 Å². The van der Waals surface area contributed by atoms with E-state index in [-0.39, 0.29) is 5.91 Å². The van der Waals surface area contributed by atoms with Gasteiger partial charge in [-0.15, -0.1) is 0 Å². The van der Waals surface area contributed by atoms with Crippen molar-refractivity contribution in [2.24, 2.45) is 5.73 Å². The Morgan fingerprint density at radius 3 is 2.65 bits per heavy atom. The van der Waals surface area contributed by atoms with Crippen molar-refractivity contribution < 1.29 is 9.53 Å². The molecule has 0 bridgehead atoms. The van der Waals surface area contributed by atoms with Crippen LogP contribution in [0.15, 0.2) is 24.3 Å². The third-order valence-electron chi connectivity index (χ3n) is 3.09. The third kappa shape index (κ3) is 5.00. The first-order valence-electron chi connectivity index (χ1n) is 6.63. The number of methoxy groups -OCH3 is 1. The van der Waals surface area contributed by atoms with Crippen molar-refractivity contribution in [2.75, 3.05) is 26.8 Å². The highest BCUT2D eigenvalue weighted by Crippen LogP contribution is 2.10. The SMILES string of the molecule is COCCN(CCC#N)C(=O)Cc1ccccc1CN. The normalized spacial score (nSPS) is 10.1. The van der Waals surface area contributed by atoms with Crippen LogP contribution in [-0.2, 0) is 22.5 Å². The molecule has 2 N–H and O–H groups in total. The number of nitriles is 1. The monoisotopic (exact) mass is 275 g/mol. The summed E-state index contributed by atoms with van der Waals surface area (Å²) >= 11 is 0. The van der Waals surface area contributed by atoms with Gasteiger partial charge in [0.2, 0.25) is 5.91 Å². The van der Waals surface area contributed by atoms with Crippen molar-refractivity contribution >= 4 is 5.91 Å². The quantitative estimate of drug-likeness (QED) is 0.770. The average Bonchev–Trinajstić information content (AvgIpc) is 2.47. The van der Waals surface area contributed by atoms with Crippen molar-refractivity contribution in [3.8, 4) is 6.07 Å². The van der Waals surface area contributed by atoms with Crippen LogP contribution < -0.4 is 5.73 Å². The standard InChI is InChI=1S/C15H21N3O2/c1-20-10-9-18(8-4-7-16)15(19)11-13-5-2-3-6-14(13)12-17/h2-3,5-6H,4,8-12,17H2,1H3. The fourth-order valence-electron chi connectivity index (χ4n) is 1.95. The van der Waals surface area contributed by atoms with Crippen LogP contribution in [0.25, 0.3) is 0 Å². The second kappa shape index (κ2) is 9.08. The topological polar surface area (TPSA) is 79.3 Å². The maximum atomic E-state index is 12.3. The minimum absolute atomic E-state index is 0.00167. The summed E-state index contributed by atoms with van der Waals surface area (Å²) in [5.74, 6) is -0.00167. The Labute approximate surface area is 119 Å². The lowest BCUT2D eigenvalue weighted by Gasteiger charge is -2.21. The number of carbonyl (C=O) groups is 1. The molecule has 0 aliphatic rings. The average molecular weight is 275 g/mol. The van der Waals surface area contributed by atoms with Crippen LogP contribution in [0.3, 0.4) is 0 Å². The van der Waals surface area contributed by atoms with Crippen molar-refractivity contribution in [1.82, 2.24) is 4.90 Å². The first-order chi connectivity index (χ1) is 9.72. The molecule has 5 nitrogen and oxygen atoms in total. The zero-order chi connectivity index (χ0) is 14.8. The highest BCUT2D eigenvalue weighted by atomic mass is 16.5. The van der Waals surface area contributed by atoms with Gasteiger partial charge in [-0.1, -0.05) is 24.3 Å². The maximum absolute atomic E-state index is 12.3. The number of nitrogens with zero attached hydrogens (tertiary/aromatic N) is 2. The van der Waals surface area contributed by atoms with E-state index in [1.54, 1.807) is 12.0 Å². The van der Waals surface area contributed by atoms with E-state index in [0.717, 1.165) is 11.1 Å². The van der Waals surface area contributed by atoms with Gasteiger partial charge in [0.15, 0.2) is 0 Å². The summed E-state index contributed by atoms with van der Waals surface area (Å²) in [6.45, 7) is 1.82.